The van der Waals surface area contributed by atoms with Gasteiger partial charge < -0.3 is 5.73 Å². The lowest BCUT2D eigenvalue weighted by Crippen LogP contribution is -2.06. The van der Waals surface area contributed by atoms with Gasteiger partial charge in [-0.1, -0.05) is 47.9 Å². The summed E-state index contributed by atoms with van der Waals surface area (Å²) in [6.45, 7) is 0. The van der Waals surface area contributed by atoms with E-state index in [0.29, 0.717) is 0 Å². The van der Waals surface area contributed by atoms with Gasteiger partial charge in [-0.05, 0) is 11.6 Å². The highest BCUT2D eigenvalue weighted by atomic mass is 14.6. The number of anilines is 1. The smallest absolute Gasteiger partial charge is 0.114 e. The van der Waals surface area contributed by atoms with Gasteiger partial charge in [-0.15, -0.1) is 0 Å². The molecule has 0 aromatic heterocycles. The normalized spacial score (nSPS) is 10.0. The first-order chi connectivity index (χ1) is 6.79. The van der Waals surface area contributed by atoms with E-state index in [9.17, 15) is 0 Å². The molecule has 66 valence electrons. The molecule has 2 N–H and O–H groups in total. The topological polar surface area (TPSA) is 26.0 Å². The lowest BCUT2D eigenvalue weighted by molar-refractivity contribution is 1.63. The summed E-state index contributed by atoms with van der Waals surface area (Å²) in [5.41, 5.74) is 9.36. The highest BCUT2D eigenvalue weighted by molar-refractivity contribution is 6.36. The summed E-state index contributed by atoms with van der Waals surface area (Å²) >= 11 is 0. The van der Waals surface area contributed by atoms with E-state index in [0.717, 1.165) is 22.3 Å². The lowest BCUT2D eigenvalue weighted by Gasteiger charge is -2.08. The summed E-state index contributed by atoms with van der Waals surface area (Å²) in [4.78, 5) is 0. The quantitative estimate of drug-likeness (QED) is 0.523. The number of nitrogens with two attached hydrogens (primary N) is 1. The van der Waals surface area contributed by atoms with E-state index in [1.165, 1.54) is 0 Å². The Morgan fingerprint density at radius 1 is 0.786 bits per heavy atom. The summed E-state index contributed by atoms with van der Waals surface area (Å²) in [7, 11) is 5.87. The van der Waals surface area contributed by atoms with Gasteiger partial charge in [-0.25, -0.2) is 0 Å². The van der Waals surface area contributed by atoms with Crippen LogP contribution >= 0.6 is 0 Å². The summed E-state index contributed by atoms with van der Waals surface area (Å²) in [6, 6.07) is 15.4. The summed E-state index contributed by atoms with van der Waals surface area (Å²) in [5.74, 6) is 0. The van der Waals surface area contributed by atoms with E-state index < -0.39 is 0 Å². The second-order valence-electron chi connectivity index (χ2n) is 3.17. The fourth-order valence-corrected chi connectivity index (χ4v) is 1.48. The molecule has 2 aromatic rings. The molecule has 0 aliphatic rings. The molecule has 0 bridgehead atoms. The van der Waals surface area contributed by atoms with Crippen LogP contribution in [0.4, 0.5) is 5.69 Å². The fraction of sp³-hybridized carbons (Fsp3) is 0. The maximum Gasteiger partial charge on any atom is 0.114 e. The molecule has 14 heavy (non-hydrogen) atoms. The van der Waals surface area contributed by atoms with Crippen LogP contribution in [-0.4, -0.2) is 7.85 Å². The van der Waals surface area contributed by atoms with E-state index in [2.05, 4.69) is 0 Å². The first-order valence-electron chi connectivity index (χ1n) is 4.48. The molecule has 0 aliphatic heterocycles. The predicted octanol–water partition coefficient (Wildman–Crippen LogP) is 1.73. The maximum absolute atomic E-state index is 5.87. The van der Waals surface area contributed by atoms with Crippen molar-refractivity contribution < 1.29 is 0 Å². The Labute approximate surface area is 85.0 Å². The van der Waals surface area contributed by atoms with E-state index in [1.807, 2.05) is 48.5 Å². The zero-order chi connectivity index (χ0) is 9.97. The van der Waals surface area contributed by atoms with Crippen molar-refractivity contribution in [3.8, 4) is 11.1 Å². The second-order valence-corrected chi connectivity index (χ2v) is 3.17. The van der Waals surface area contributed by atoms with Crippen molar-refractivity contribution in [1.82, 2.24) is 0 Å². The van der Waals surface area contributed by atoms with Gasteiger partial charge in [0.15, 0.2) is 0 Å². The van der Waals surface area contributed by atoms with Crippen LogP contribution in [-0.2, 0) is 0 Å². The molecule has 0 spiro atoms. The van der Waals surface area contributed by atoms with Crippen molar-refractivity contribution in [2.24, 2.45) is 0 Å². The van der Waals surface area contributed by atoms with E-state index in [-0.39, 0.29) is 0 Å². The van der Waals surface area contributed by atoms with Gasteiger partial charge in [0.05, 0.1) is 0 Å². The van der Waals surface area contributed by atoms with E-state index >= 15 is 0 Å². The van der Waals surface area contributed by atoms with Crippen LogP contribution in [0.25, 0.3) is 11.1 Å². The summed E-state index contributed by atoms with van der Waals surface area (Å²) < 4.78 is 0. The van der Waals surface area contributed by atoms with Crippen LogP contribution in [0.1, 0.15) is 0 Å². The Balaban J connectivity index is 2.61. The molecule has 2 heteroatoms. The molecule has 0 amide bonds. The number of benzene rings is 2. The van der Waals surface area contributed by atoms with Gasteiger partial charge in [-0.2, -0.15) is 0 Å². The van der Waals surface area contributed by atoms with Crippen molar-refractivity contribution in [2.45, 2.75) is 0 Å². The van der Waals surface area contributed by atoms with Gasteiger partial charge >= 0.3 is 0 Å². The Bertz CT molecular complexity index is 408. The minimum Gasteiger partial charge on any atom is -0.398 e. The Hall–Kier alpha value is -1.70. The minimum absolute atomic E-state index is 0.755. The highest BCUT2D eigenvalue weighted by Gasteiger charge is 2.02. The van der Waals surface area contributed by atoms with Crippen molar-refractivity contribution in [2.75, 3.05) is 5.73 Å². The summed E-state index contributed by atoms with van der Waals surface area (Å²) in [5, 5.41) is 0. The molecule has 0 atom stereocenters. The zero-order valence-electron chi connectivity index (χ0n) is 7.77. The average Bonchev–Trinajstić information content (AvgIpc) is 2.20. The highest BCUT2D eigenvalue weighted by Crippen LogP contribution is 2.22. The molecule has 2 radical (unpaired) electrons. The van der Waals surface area contributed by atoms with Gasteiger partial charge in [0.1, 0.15) is 7.85 Å². The van der Waals surface area contributed by atoms with Crippen LogP contribution in [0.3, 0.4) is 0 Å². The van der Waals surface area contributed by atoms with Crippen LogP contribution in [0.5, 0.6) is 0 Å². The minimum atomic E-state index is 0.755. The third-order valence-electron chi connectivity index (χ3n) is 2.21. The van der Waals surface area contributed by atoms with Gasteiger partial charge in [0.25, 0.3) is 0 Å². The van der Waals surface area contributed by atoms with Gasteiger partial charge in [0.2, 0.25) is 0 Å². The van der Waals surface area contributed by atoms with E-state index in [1.54, 1.807) is 0 Å². The third-order valence-corrected chi connectivity index (χ3v) is 2.21. The van der Waals surface area contributed by atoms with Crippen LogP contribution < -0.4 is 11.2 Å². The van der Waals surface area contributed by atoms with Gasteiger partial charge in [-0.3, -0.25) is 0 Å². The first-order valence-corrected chi connectivity index (χ1v) is 4.48. The molecule has 0 saturated carbocycles. The third kappa shape index (κ3) is 1.51. The molecule has 0 heterocycles. The van der Waals surface area contributed by atoms with Crippen molar-refractivity contribution in [3.63, 3.8) is 0 Å². The number of hydrogen-bond donors (Lipinski definition) is 1. The summed E-state index contributed by atoms with van der Waals surface area (Å²) in [6.07, 6.45) is 0. The second kappa shape index (κ2) is 3.58. The number of hydrogen-bond acceptors (Lipinski definition) is 1. The van der Waals surface area contributed by atoms with Gasteiger partial charge in [0, 0.05) is 11.3 Å². The van der Waals surface area contributed by atoms with E-state index in [4.69, 9.17) is 13.6 Å². The Kier molecular flexibility index (Phi) is 2.27. The molecule has 0 fully saturated rings. The standard InChI is InChI=1S/C12H10BN/c13-11-7-3-1-5-9(11)10-6-2-4-8-12(10)14/h1-8H,14H2. The number of nitrogen functional groups attached to an aromatic ring is 1. The fourth-order valence-electron chi connectivity index (χ4n) is 1.48. The molecular weight excluding hydrogens is 169 g/mol. The Morgan fingerprint density at radius 2 is 1.36 bits per heavy atom. The Morgan fingerprint density at radius 3 is 2.00 bits per heavy atom. The van der Waals surface area contributed by atoms with Crippen LogP contribution in [0.15, 0.2) is 48.5 Å². The molecule has 1 nitrogen and oxygen atoms in total. The average molecular weight is 179 g/mol. The molecular formula is C12H10BN. The molecule has 2 aromatic carbocycles. The first kappa shape index (κ1) is 8.88. The SMILES string of the molecule is [B]c1ccccc1-c1ccccc1N. The molecule has 2 rings (SSSR count). The van der Waals surface area contributed by atoms with Crippen molar-refractivity contribution in [1.29, 1.82) is 0 Å². The monoisotopic (exact) mass is 179 g/mol. The predicted molar refractivity (Wildman–Crippen MR) is 61.7 cm³/mol. The van der Waals surface area contributed by atoms with Crippen LogP contribution in [0.2, 0.25) is 0 Å². The molecule has 0 aliphatic carbocycles. The lowest BCUT2D eigenvalue weighted by atomic mass is 9.87. The van der Waals surface area contributed by atoms with Crippen molar-refractivity contribution >= 4 is 19.0 Å². The number of rotatable bonds is 1. The largest absolute Gasteiger partial charge is 0.398 e. The maximum atomic E-state index is 5.87. The molecule has 0 saturated heterocycles. The number of para-hydroxylation sites is 1. The zero-order valence-corrected chi connectivity index (χ0v) is 7.77. The van der Waals surface area contributed by atoms with Crippen molar-refractivity contribution in [3.05, 3.63) is 48.5 Å². The molecule has 0 unspecified atom stereocenters. The van der Waals surface area contributed by atoms with Crippen LogP contribution in [0, 0.1) is 0 Å².